The van der Waals surface area contributed by atoms with Crippen LogP contribution in [0.3, 0.4) is 0 Å². The number of hydrogen-bond donors (Lipinski definition) is 1. The zero-order valence-corrected chi connectivity index (χ0v) is 29.9. The van der Waals surface area contributed by atoms with Gasteiger partial charge in [-0.05, 0) is 75.2 Å². The van der Waals surface area contributed by atoms with Gasteiger partial charge in [-0.1, -0.05) is 72.8 Å². The van der Waals surface area contributed by atoms with Crippen molar-refractivity contribution in [2.24, 2.45) is 17.8 Å². The van der Waals surface area contributed by atoms with Crippen LogP contribution in [-0.2, 0) is 28.2 Å². The van der Waals surface area contributed by atoms with Crippen molar-refractivity contribution in [2.45, 2.75) is 155 Å². The number of aliphatic hydroxyl groups excluding tert-OH is 1. The van der Waals surface area contributed by atoms with E-state index in [9.17, 15) is 14.7 Å². The Morgan fingerprint density at radius 1 is 1.20 bits per heavy atom. The average Bonchev–Trinajstić information content (AvgIpc) is 3.61. The third-order valence-corrected chi connectivity index (χ3v) is 14.6. The molecule has 3 rings (SSSR count). The molecule has 44 heavy (non-hydrogen) atoms. The first kappa shape index (κ1) is 36.5. The second-order valence-electron chi connectivity index (χ2n) is 15.1. The maximum absolute atomic E-state index is 12.7. The molecule has 0 amide bonds. The van der Waals surface area contributed by atoms with Gasteiger partial charge in [0.15, 0.2) is 20.0 Å². The van der Waals surface area contributed by atoms with Crippen LogP contribution in [0.25, 0.3) is 0 Å². The van der Waals surface area contributed by atoms with E-state index in [2.05, 4.69) is 60.7 Å². The first-order valence-electron chi connectivity index (χ1n) is 16.5. The Morgan fingerprint density at radius 2 is 1.89 bits per heavy atom. The standard InChI is InChI=1S/C35H58O8Si/c1-12-27(43-44(10,11)34(6,7)8)25(5)32-28(39-32)20-22(2)14-13-15-23(3)31-24(4)16-17-29-35(9,42-33(38)40-29)19-18-26(36)21-30(37)41-31/h13-17,22,24-29,31-32,36H,12,18-21H2,1-11H3/b14-13+,17-16+,23-15+. The summed E-state index contributed by atoms with van der Waals surface area (Å²) in [4.78, 5) is 24.6. The summed E-state index contributed by atoms with van der Waals surface area (Å²) in [6.07, 6.45) is 10.3. The number of hydrogen-bond acceptors (Lipinski definition) is 8. The number of rotatable bonds is 10. The molecule has 0 spiro atoms. The smallest absolute Gasteiger partial charge is 0.457 e. The van der Waals surface area contributed by atoms with Crippen molar-refractivity contribution in [3.8, 4) is 0 Å². The topological polar surface area (TPSA) is 104 Å². The number of carbonyl (C=O) groups excluding carboxylic acids is 2. The van der Waals surface area contributed by atoms with Gasteiger partial charge >= 0.3 is 12.1 Å². The Kier molecular flexibility index (Phi) is 12.2. The molecule has 250 valence electrons. The van der Waals surface area contributed by atoms with Crippen LogP contribution in [0.2, 0.25) is 18.1 Å². The molecule has 0 aromatic carbocycles. The van der Waals surface area contributed by atoms with E-state index >= 15 is 0 Å². The van der Waals surface area contributed by atoms with Crippen LogP contribution in [0, 0.1) is 17.8 Å². The summed E-state index contributed by atoms with van der Waals surface area (Å²) in [7, 11) is -1.85. The summed E-state index contributed by atoms with van der Waals surface area (Å²) >= 11 is 0. The number of aliphatic hydroxyl groups is 1. The molecule has 3 aliphatic rings. The SMILES string of the molecule is CCC(O[Si](C)(C)C(C)(C)C)C(C)C1OC1CC(C)/C=C/C=C(\C)C1OC(=O)CC(O)CCC2(C)OC(=O)OC2/C=C/C1C. The zero-order chi connectivity index (χ0) is 33.0. The highest BCUT2D eigenvalue weighted by Gasteiger charge is 2.48. The molecule has 0 radical (unpaired) electrons. The predicted molar refractivity (Wildman–Crippen MR) is 175 cm³/mol. The lowest BCUT2D eigenvalue weighted by molar-refractivity contribution is -0.151. The van der Waals surface area contributed by atoms with Gasteiger partial charge in [0.25, 0.3) is 0 Å². The predicted octanol–water partition coefficient (Wildman–Crippen LogP) is 7.66. The van der Waals surface area contributed by atoms with E-state index in [0.717, 1.165) is 18.4 Å². The molecule has 8 nitrogen and oxygen atoms in total. The second-order valence-corrected chi connectivity index (χ2v) is 19.8. The fourth-order valence-electron chi connectivity index (χ4n) is 5.94. The van der Waals surface area contributed by atoms with Crippen LogP contribution in [0.5, 0.6) is 0 Å². The van der Waals surface area contributed by atoms with Crippen molar-refractivity contribution in [3.63, 3.8) is 0 Å². The number of allylic oxidation sites excluding steroid dienone is 3. The van der Waals surface area contributed by atoms with E-state index in [0.29, 0.717) is 18.3 Å². The number of esters is 1. The van der Waals surface area contributed by atoms with Gasteiger partial charge in [0.2, 0.25) is 0 Å². The molecule has 0 aromatic heterocycles. The van der Waals surface area contributed by atoms with Crippen molar-refractivity contribution in [1.82, 2.24) is 0 Å². The lowest BCUT2D eigenvalue weighted by Crippen LogP contribution is -2.46. The fraction of sp³-hybridized carbons (Fsp3) is 0.771. The maximum Gasteiger partial charge on any atom is 0.509 e. The molecular weight excluding hydrogens is 576 g/mol. The van der Waals surface area contributed by atoms with Crippen molar-refractivity contribution < 1.29 is 38.1 Å². The van der Waals surface area contributed by atoms with E-state index < -0.39 is 44.4 Å². The molecule has 2 fully saturated rings. The minimum absolute atomic E-state index is 0.122. The molecule has 2 saturated heterocycles. The maximum atomic E-state index is 12.7. The summed E-state index contributed by atoms with van der Waals surface area (Å²) in [6.45, 7) is 23.8. The Balaban J connectivity index is 1.62. The van der Waals surface area contributed by atoms with Crippen LogP contribution in [0.15, 0.2) is 36.0 Å². The zero-order valence-electron chi connectivity index (χ0n) is 28.9. The molecule has 9 heteroatoms. The van der Waals surface area contributed by atoms with Crippen molar-refractivity contribution in [1.29, 1.82) is 0 Å². The highest BCUT2D eigenvalue weighted by Crippen LogP contribution is 2.42. The highest BCUT2D eigenvalue weighted by atomic mass is 28.4. The minimum atomic E-state index is -1.85. The Hall–Kier alpha value is -1.94. The van der Waals surface area contributed by atoms with Crippen LogP contribution in [0.4, 0.5) is 4.79 Å². The fourth-order valence-corrected chi connectivity index (χ4v) is 7.43. The van der Waals surface area contributed by atoms with Gasteiger partial charge < -0.3 is 28.5 Å². The summed E-state index contributed by atoms with van der Waals surface area (Å²) in [5, 5.41) is 10.6. The number of ether oxygens (including phenoxy) is 4. The lowest BCUT2D eigenvalue weighted by atomic mass is 9.89. The third kappa shape index (κ3) is 9.53. The summed E-state index contributed by atoms with van der Waals surface area (Å²) in [6, 6.07) is 0. The molecule has 3 aliphatic heterocycles. The molecule has 1 N–H and O–H groups in total. The van der Waals surface area contributed by atoms with Crippen LogP contribution in [-0.4, -0.2) is 67.8 Å². The minimum Gasteiger partial charge on any atom is -0.457 e. The molecule has 0 aromatic rings. The van der Waals surface area contributed by atoms with Gasteiger partial charge in [0.05, 0.1) is 24.7 Å². The molecule has 3 heterocycles. The van der Waals surface area contributed by atoms with Crippen molar-refractivity contribution in [2.75, 3.05) is 0 Å². The van der Waals surface area contributed by atoms with Crippen molar-refractivity contribution >= 4 is 20.4 Å². The van der Waals surface area contributed by atoms with Gasteiger partial charge in [-0.3, -0.25) is 4.79 Å². The van der Waals surface area contributed by atoms with Crippen LogP contribution in [0.1, 0.15) is 94.4 Å². The van der Waals surface area contributed by atoms with Gasteiger partial charge in [0.1, 0.15) is 6.10 Å². The van der Waals surface area contributed by atoms with Gasteiger partial charge in [-0.15, -0.1) is 0 Å². The number of cyclic esters (lactones) is 1. The number of fused-ring (bicyclic) bond motifs is 1. The van der Waals surface area contributed by atoms with E-state index in [-0.39, 0.29) is 42.1 Å². The highest BCUT2D eigenvalue weighted by molar-refractivity contribution is 6.74. The lowest BCUT2D eigenvalue weighted by Gasteiger charge is -2.40. The number of epoxide rings is 1. The Morgan fingerprint density at radius 3 is 2.52 bits per heavy atom. The molecule has 0 bridgehead atoms. The summed E-state index contributed by atoms with van der Waals surface area (Å²) < 4.78 is 29.6. The first-order chi connectivity index (χ1) is 20.4. The molecular formula is C35H58O8Si. The first-order valence-corrected chi connectivity index (χ1v) is 19.4. The molecule has 10 unspecified atom stereocenters. The Bertz CT molecular complexity index is 1090. The average molecular weight is 635 g/mol. The third-order valence-electron chi connectivity index (χ3n) is 10.1. The van der Waals surface area contributed by atoms with Crippen LogP contribution >= 0.6 is 0 Å². The second kappa shape index (κ2) is 14.7. The quantitative estimate of drug-likeness (QED) is 0.0859. The van der Waals surface area contributed by atoms with Gasteiger partial charge in [0, 0.05) is 17.9 Å². The summed E-state index contributed by atoms with van der Waals surface area (Å²) in [5.74, 6) is 0.00854. The summed E-state index contributed by atoms with van der Waals surface area (Å²) in [5.41, 5.74) is -0.0100. The van der Waals surface area contributed by atoms with Gasteiger partial charge in [-0.2, -0.15) is 0 Å². The van der Waals surface area contributed by atoms with E-state index in [1.165, 1.54) is 0 Å². The van der Waals surface area contributed by atoms with Gasteiger partial charge in [-0.25, -0.2) is 4.79 Å². The molecule has 0 saturated carbocycles. The van der Waals surface area contributed by atoms with Crippen LogP contribution < -0.4 is 0 Å². The molecule has 10 atom stereocenters. The Labute approximate surface area is 266 Å². The largest absolute Gasteiger partial charge is 0.509 e. The van der Waals surface area contributed by atoms with Crippen molar-refractivity contribution in [3.05, 3.63) is 36.0 Å². The molecule has 0 aliphatic carbocycles. The van der Waals surface area contributed by atoms with E-state index in [4.69, 9.17) is 23.4 Å². The number of carbonyl (C=O) groups is 2. The van der Waals surface area contributed by atoms with E-state index in [1.54, 1.807) is 6.92 Å². The normalized spacial score (nSPS) is 35.0. The van der Waals surface area contributed by atoms with E-state index in [1.807, 2.05) is 38.2 Å². The monoisotopic (exact) mass is 634 g/mol.